The Morgan fingerprint density at radius 3 is 2.47 bits per heavy atom. The molecular weight excluding hydrogens is 266 g/mol. The average molecular weight is 280 g/mol. The van der Waals surface area contributed by atoms with E-state index in [1.54, 1.807) is 44.8 Å². The summed E-state index contributed by atoms with van der Waals surface area (Å²) >= 11 is 6.10. The fourth-order valence-electron chi connectivity index (χ4n) is 1.64. The van der Waals surface area contributed by atoms with Crippen molar-refractivity contribution < 1.29 is 9.47 Å². The molecule has 5 nitrogen and oxygen atoms in total. The summed E-state index contributed by atoms with van der Waals surface area (Å²) in [6, 6.07) is 5.21. The summed E-state index contributed by atoms with van der Waals surface area (Å²) in [4.78, 5) is 4.01. The van der Waals surface area contributed by atoms with Gasteiger partial charge in [0.2, 0.25) is 0 Å². The van der Waals surface area contributed by atoms with Gasteiger partial charge in [-0.15, -0.1) is 0 Å². The van der Waals surface area contributed by atoms with Crippen molar-refractivity contribution in [3.8, 4) is 11.5 Å². The molecule has 1 heterocycles. The Kier molecular flexibility index (Phi) is 3.97. The van der Waals surface area contributed by atoms with Crippen LogP contribution in [0.1, 0.15) is 0 Å². The highest BCUT2D eigenvalue weighted by molar-refractivity contribution is 6.32. The van der Waals surface area contributed by atoms with E-state index in [0.717, 1.165) is 5.69 Å². The summed E-state index contributed by atoms with van der Waals surface area (Å²) in [5, 5.41) is 3.64. The number of halogens is 1. The summed E-state index contributed by atoms with van der Waals surface area (Å²) in [5.41, 5.74) is 7.71. The molecular formula is C13H14ClN3O2. The van der Waals surface area contributed by atoms with Gasteiger partial charge in [0.15, 0.2) is 0 Å². The number of anilines is 3. The zero-order chi connectivity index (χ0) is 13.8. The first-order chi connectivity index (χ1) is 9.13. The highest BCUT2D eigenvalue weighted by Gasteiger charge is 2.10. The first-order valence-electron chi connectivity index (χ1n) is 5.53. The molecule has 0 spiro atoms. The second-order valence-electron chi connectivity index (χ2n) is 3.82. The number of nitrogens with zero attached hydrogens (tertiary/aromatic N) is 1. The molecule has 0 aliphatic carbocycles. The molecule has 0 saturated carbocycles. The van der Waals surface area contributed by atoms with Gasteiger partial charge in [-0.05, 0) is 12.1 Å². The Morgan fingerprint density at radius 2 is 1.84 bits per heavy atom. The van der Waals surface area contributed by atoms with Crippen LogP contribution in [0.4, 0.5) is 17.1 Å². The molecule has 2 aromatic rings. The minimum absolute atomic E-state index is 0.489. The topological polar surface area (TPSA) is 69.4 Å². The highest BCUT2D eigenvalue weighted by atomic mass is 35.5. The van der Waals surface area contributed by atoms with Gasteiger partial charge < -0.3 is 20.5 Å². The molecule has 0 unspecified atom stereocenters. The molecule has 0 radical (unpaired) electrons. The van der Waals surface area contributed by atoms with Crippen molar-refractivity contribution in [1.82, 2.24) is 4.98 Å². The molecule has 0 amide bonds. The summed E-state index contributed by atoms with van der Waals surface area (Å²) in [6.07, 6.45) is 3.23. The largest absolute Gasteiger partial charge is 0.495 e. The number of aromatic nitrogens is 1. The van der Waals surface area contributed by atoms with Crippen molar-refractivity contribution in [3.05, 3.63) is 35.6 Å². The lowest BCUT2D eigenvalue weighted by molar-refractivity contribution is 0.396. The van der Waals surface area contributed by atoms with Gasteiger partial charge in [0, 0.05) is 12.3 Å². The van der Waals surface area contributed by atoms with Crippen LogP contribution in [0.2, 0.25) is 5.02 Å². The summed E-state index contributed by atoms with van der Waals surface area (Å²) < 4.78 is 10.4. The maximum Gasteiger partial charge on any atom is 0.146 e. The van der Waals surface area contributed by atoms with Gasteiger partial charge in [-0.25, -0.2) is 0 Å². The molecule has 0 bridgehead atoms. The van der Waals surface area contributed by atoms with E-state index in [4.69, 9.17) is 26.8 Å². The fraction of sp³-hybridized carbons (Fsp3) is 0.154. The Hall–Kier alpha value is -2.14. The van der Waals surface area contributed by atoms with Crippen LogP contribution in [0, 0.1) is 0 Å². The molecule has 0 saturated heterocycles. The van der Waals surface area contributed by atoms with Crippen LogP contribution in [0.5, 0.6) is 11.5 Å². The van der Waals surface area contributed by atoms with Gasteiger partial charge in [-0.3, -0.25) is 4.98 Å². The van der Waals surface area contributed by atoms with E-state index >= 15 is 0 Å². The van der Waals surface area contributed by atoms with E-state index < -0.39 is 0 Å². The molecule has 1 aromatic carbocycles. The van der Waals surface area contributed by atoms with Gasteiger partial charge >= 0.3 is 0 Å². The van der Waals surface area contributed by atoms with Crippen molar-refractivity contribution in [2.24, 2.45) is 0 Å². The van der Waals surface area contributed by atoms with Crippen LogP contribution in [0.3, 0.4) is 0 Å². The number of methoxy groups -OCH3 is 2. The van der Waals surface area contributed by atoms with E-state index in [-0.39, 0.29) is 0 Å². The van der Waals surface area contributed by atoms with Crippen LogP contribution >= 0.6 is 11.6 Å². The lowest BCUT2D eigenvalue weighted by atomic mass is 10.2. The summed E-state index contributed by atoms with van der Waals surface area (Å²) in [6.45, 7) is 0. The van der Waals surface area contributed by atoms with Gasteiger partial charge in [0.05, 0.1) is 42.5 Å². The number of nitrogens with one attached hydrogen (secondary N) is 1. The number of nitrogen functional groups attached to an aromatic ring is 1. The summed E-state index contributed by atoms with van der Waals surface area (Å²) in [5.74, 6) is 1.17. The number of rotatable bonds is 4. The Labute approximate surface area is 116 Å². The van der Waals surface area contributed by atoms with Gasteiger partial charge in [-0.2, -0.15) is 0 Å². The Balaban J connectivity index is 2.36. The predicted molar refractivity (Wildman–Crippen MR) is 76.5 cm³/mol. The third kappa shape index (κ3) is 3.00. The minimum Gasteiger partial charge on any atom is -0.495 e. The molecule has 2 rings (SSSR count). The fourth-order valence-corrected chi connectivity index (χ4v) is 1.88. The number of benzene rings is 1. The average Bonchev–Trinajstić information content (AvgIpc) is 2.39. The normalized spacial score (nSPS) is 10.1. The van der Waals surface area contributed by atoms with E-state index in [2.05, 4.69) is 10.3 Å². The molecule has 3 N–H and O–H groups in total. The van der Waals surface area contributed by atoms with Gasteiger partial charge in [0.1, 0.15) is 11.5 Å². The Morgan fingerprint density at radius 1 is 1.11 bits per heavy atom. The van der Waals surface area contributed by atoms with Gasteiger partial charge in [-0.1, -0.05) is 11.6 Å². The lowest BCUT2D eigenvalue weighted by Gasteiger charge is -2.13. The molecule has 0 aliphatic rings. The van der Waals surface area contributed by atoms with Crippen molar-refractivity contribution in [1.29, 1.82) is 0 Å². The molecule has 19 heavy (non-hydrogen) atoms. The number of ether oxygens (including phenoxy) is 2. The molecule has 100 valence electrons. The van der Waals surface area contributed by atoms with E-state index in [1.165, 1.54) is 0 Å². The SMILES string of the molecule is COc1cc(OC)c(Nc2cncc(N)c2)cc1Cl. The van der Waals surface area contributed by atoms with E-state index in [9.17, 15) is 0 Å². The molecule has 0 atom stereocenters. The van der Waals surface area contributed by atoms with Crippen LogP contribution in [0.25, 0.3) is 0 Å². The lowest BCUT2D eigenvalue weighted by Crippen LogP contribution is -1.97. The highest BCUT2D eigenvalue weighted by Crippen LogP contribution is 2.37. The second-order valence-corrected chi connectivity index (χ2v) is 4.23. The van der Waals surface area contributed by atoms with Crippen molar-refractivity contribution in [2.45, 2.75) is 0 Å². The number of pyridine rings is 1. The Bertz CT molecular complexity index is 590. The zero-order valence-electron chi connectivity index (χ0n) is 10.6. The maximum atomic E-state index is 6.10. The quantitative estimate of drug-likeness (QED) is 0.900. The van der Waals surface area contributed by atoms with Crippen molar-refractivity contribution in [2.75, 3.05) is 25.3 Å². The van der Waals surface area contributed by atoms with Crippen molar-refractivity contribution in [3.63, 3.8) is 0 Å². The van der Waals surface area contributed by atoms with Crippen molar-refractivity contribution >= 4 is 28.7 Å². The third-order valence-corrected chi connectivity index (χ3v) is 2.81. The number of nitrogens with two attached hydrogens (primary N) is 1. The molecule has 0 fully saturated rings. The van der Waals surface area contributed by atoms with Crippen LogP contribution in [-0.2, 0) is 0 Å². The van der Waals surface area contributed by atoms with E-state index in [0.29, 0.717) is 27.9 Å². The molecule has 0 aliphatic heterocycles. The number of hydrogen-bond donors (Lipinski definition) is 2. The minimum atomic E-state index is 0.489. The first-order valence-corrected chi connectivity index (χ1v) is 5.91. The zero-order valence-corrected chi connectivity index (χ0v) is 11.4. The first kappa shape index (κ1) is 13.3. The number of hydrogen-bond acceptors (Lipinski definition) is 5. The monoisotopic (exact) mass is 279 g/mol. The molecule has 6 heteroatoms. The van der Waals surface area contributed by atoms with Crippen LogP contribution in [0.15, 0.2) is 30.6 Å². The smallest absolute Gasteiger partial charge is 0.146 e. The standard InChI is InChI=1S/C13H14ClN3O2/c1-18-12-5-13(19-2)11(4-10(12)14)17-9-3-8(15)6-16-7-9/h3-7,17H,15H2,1-2H3. The summed E-state index contributed by atoms with van der Waals surface area (Å²) in [7, 11) is 3.13. The van der Waals surface area contributed by atoms with E-state index in [1.807, 2.05) is 0 Å². The maximum absolute atomic E-state index is 6.10. The second kappa shape index (κ2) is 5.67. The third-order valence-electron chi connectivity index (χ3n) is 2.51. The molecule has 1 aromatic heterocycles. The van der Waals surface area contributed by atoms with Gasteiger partial charge in [0.25, 0.3) is 0 Å². The predicted octanol–water partition coefficient (Wildman–Crippen LogP) is 3.08. The van der Waals surface area contributed by atoms with Crippen LogP contribution in [-0.4, -0.2) is 19.2 Å². The van der Waals surface area contributed by atoms with Crippen LogP contribution < -0.4 is 20.5 Å².